The lowest BCUT2D eigenvalue weighted by Crippen LogP contribution is -2.34. The van der Waals surface area contributed by atoms with Gasteiger partial charge < -0.3 is 30.9 Å². The van der Waals surface area contributed by atoms with Crippen LogP contribution in [0.3, 0.4) is 0 Å². The molecular formula is C11H17N3O4. The molecule has 0 bridgehead atoms. The molecule has 100 valence electrons. The van der Waals surface area contributed by atoms with Gasteiger partial charge in [-0.15, -0.1) is 0 Å². The maximum atomic E-state index is 11.4. The largest absolute Gasteiger partial charge is 0.504 e. The summed E-state index contributed by atoms with van der Waals surface area (Å²) in [5, 5.41) is 32.7. The fourth-order valence-corrected chi connectivity index (χ4v) is 1.24. The summed E-state index contributed by atoms with van der Waals surface area (Å²) in [5.74, 6) is -1.62. The molecule has 0 saturated carbocycles. The summed E-state index contributed by atoms with van der Waals surface area (Å²) in [7, 11) is 3.77. The molecule has 0 aliphatic carbocycles. The molecule has 0 aliphatic heterocycles. The molecule has 18 heavy (non-hydrogen) atoms. The number of aromatic hydroxyl groups is 3. The average Bonchev–Trinajstić information content (AvgIpc) is 2.25. The number of hydrogen-bond donors (Lipinski definition) is 5. The highest BCUT2D eigenvalue weighted by Crippen LogP contribution is 2.37. The Balaban J connectivity index is 2.54. The first-order valence-corrected chi connectivity index (χ1v) is 5.34. The van der Waals surface area contributed by atoms with E-state index in [0.29, 0.717) is 13.1 Å². The fraction of sp³-hybridized carbons (Fsp3) is 0.364. The van der Waals surface area contributed by atoms with Gasteiger partial charge in [0.25, 0.3) is 0 Å². The number of nitrogens with one attached hydrogen (secondary N) is 2. The Morgan fingerprint density at radius 2 is 1.78 bits per heavy atom. The molecule has 1 aromatic carbocycles. The summed E-state index contributed by atoms with van der Waals surface area (Å²) in [6.45, 7) is 1.16. The van der Waals surface area contributed by atoms with Crippen LogP contribution in [-0.4, -0.2) is 53.4 Å². The predicted octanol–water partition coefficient (Wildman–Crippen LogP) is 0.486. The summed E-state index contributed by atoms with van der Waals surface area (Å²) in [4.78, 5) is 13.4. The van der Waals surface area contributed by atoms with Gasteiger partial charge in [-0.25, -0.2) is 4.79 Å². The Morgan fingerprint density at radius 3 is 2.28 bits per heavy atom. The molecule has 5 N–H and O–H groups in total. The molecule has 0 spiro atoms. The van der Waals surface area contributed by atoms with Gasteiger partial charge in [-0.05, 0) is 14.1 Å². The number of amides is 2. The Labute approximate surface area is 105 Å². The summed E-state index contributed by atoms with van der Waals surface area (Å²) in [6, 6.07) is 1.82. The van der Waals surface area contributed by atoms with Gasteiger partial charge in [0.05, 0.1) is 5.69 Å². The topological polar surface area (TPSA) is 105 Å². The summed E-state index contributed by atoms with van der Waals surface area (Å²) in [6.07, 6.45) is 0. The number of rotatable bonds is 4. The molecule has 0 atom stereocenters. The lowest BCUT2D eigenvalue weighted by molar-refractivity contribution is 0.250. The van der Waals surface area contributed by atoms with E-state index in [1.54, 1.807) is 0 Å². The van der Waals surface area contributed by atoms with Crippen LogP contribution in [0.1, 0.15) is 0 Å². The third kappa shape index (κ3) is 4.02. The maximum absolute atomic E-state index is 11.4. The molecular weight excluding hydrogens is 238 g/mol. The molecule has 1 rings (SSSR count). The minimum atomic E-state index is -0.617. The van der Waals surface area contributed by atoms with Gasteiger partial charge in [-0.3, -0.25) is 0 Å². The van der Waals surface area contributed by atoms with E-state index >= 15 is 0 Å². The van der Waals surface area contributed by atoms with Crippen LogP contribution in [0.5, 0.6) is 17.2 Å². The van der Waals surface area contributed by atoms with Crippen molar-refractivity contribution in [2.24, 2.45) is 0 Å². The van der Waals surface area contributed by atoms with E-state index in [9.17, 15) is 15.0 Å². The van der Waals surface area contributed by atoms with Crippen molar-refractivity contribution in [2.75, 3.05) is 32.5 Å². The zero-order valence-electron chi connectivity index (χ0n) is 10.3. The van der Waals surface area contributed by atoms with Crippen LogP contribution >= 0.6 is 0 Å². The monoisotopic (exact) mass is 255 g/mol. The molecule has 0 unspecified atom stereocenters. The molecule has 0 aliphatic rings. The van der Waals surface area contributed by atoms with Gasteiger partial charge in [-0.2, -0.15) is 0 Å². The smallest absolute Gasteiger partial charge is 0.319 e. The Morgan fingerprint density at radius 1 is 1.22 bits per heavy atom. The minimum Gasteiger partial charge on any atom is -0.504 e. The standard InChI is InChI=1S/C11H17N3O4/c1-14(2)4-3-12-11(18)13-7-5-8(15)10(17)9(16)6-7/h5-6,15-17H,3-4H2,1-2H3,(H2,12,13,18). The van der Waals surface area contributed by atoms with E-state index in [4.69, 9.17) is 5.11 Å². The summed E-state index contributed by atoms with van der Waals surface area (Å²) >= 11 is 0. The number of nitrogens with zero attached hydrogens (tertiary/aromatic N) is 1. The molecule has 0 saturated heterocycles. The highest BCUT2D eigenvalue weighted by molar-refractivity contribution is 5.90. The van der Waals surface area contributed by atoms with Crippen molar-refractivity contribution in [3.05, 3.63) is 12.1 Å². The first-order chi connectivity index (χ1) is 8.40. The minimum absolute atomic E-state index is 0.185. The first-order valence-electron chi connectivity index (χ1n) is 5.34. The highest BCUT2D eigenvalue weighted by Gasteiger charge is 2.09. The van der Waals surface area contributed by atoms with Crippen LogP contribution in [0.25, 0.3) is 0 Å². The van der Waals surface area contributed by atoms with Crippen LogP contribution in [0, 0.1) is 0 Å². The fourth-order valence-electron chi connectivity index (χ4n) is 1.24. The van der Waals surface area contributed by atoms with Crippen molar-refractivity contribution in [3.8, 4) is 17.2 Å². The van der Waals surface area contributed by atoms with Crippen LogP contribution in [0.2, 0.25) is 0 Å². The van der Waals surface area contributed by atoms with Gasteiger partial charge in [0.2, 0.25) is 0 Å². The quantitative estimate of drug-likeness (QED) is 0.398. The molecule has 2 amide bonds. The van der Waals surface area contributed by atoms with E-state index in [1.807, 2.05) is 19.0 Å². The number of carbonyl (C=O) groups is 1. The molecule has 7 nitrogen and oxygen atoms in total. The normalized spacial score (nSPS) is 10.4. The first kappa shape index (κ1) is 13.9. The van der Waals surface area contributed by atoms with Crippen LogP contribution in [-0.2, 0) is 0 Å². The van der Waals surface area contributed by atoms with Crippen molar-refractivity contribution < 1.29 is 20.1 Å². The number of carbonyl (C=O) groups excluding carboxylic acids is 1. The summed E-state index contributed by atoms with van der Waals surface area (Å²) < 4.78 is 0. The van der Waals surface area contributed by atoms with E-state index in [-0.39, 0.29) is 5.69 Å². The number of anilines is 1. The van der Waals surface area contributed by atoms with Crippen molar-refractivity contribution >= 4 is 11.7 Å². The maximum Gasteiger partial charge on any atom is 0.319 e. The number of phenolic OH excluding ortho intramolecular Hbond substituents is 3. The molecule has 0 fully saturated rings. The van der Waals surface area contributed by atoms with Crippen molar-refractivity contribution in [1.82, 2.24) is 10.2 Å². The third-order valence-electron chi connectivity index (χ3n) is 2.17. The highest BCUT2D eigenvalue weighted by atomic mass is 16.3. The molecule has 0 radical (unpaired) electrons. The second-order valence-electron chi connectivity index (χ2n) is 4.05. The van der Waals surface area contributed by atoms with E-state index < -0.39 is 23.3 Å². The zero-order chi connectivity index (χ0) is 13.7. The number of hydrogen-bond acceptors (Lipinski definition) is 5. The van der Waals surface area contributed by atoms with Gasteiger partial charge in [0.1, 0.15) is 0 Å². The number of phenols is 3. The number of urea groups is 1. The molecule has 0 aromatic heterocycles. The van der Waals surface area contributed by atoms with E-state index in [2.05, 4.69) is 10.6 Å². The second-order valence-corrected chi connectivity index (χ2v) is 4.05. The van der Waals surface area contributed by atoms with Gasteiger partial charge >= 0.3 is 6.03 Å². The third-order valence-corrected chi connectivity index (χ3v) is 2.17. The van der Waals surface area contributed by atoms with Gasteiger partial charge in [-0.1, -0.05) is 0 Å². The Hall–Kier alpha value is -2.15. The Kier molecular flexibility index (Phi) is 4.61. The number of benzene rings is 1. The zero-order valence-corrected chi connectivity index (χ0v) is 10.3. The summed E-state index contributed by atoms with van der Waals surface area (Å²) in [5.41, 5.74) is 0.185. The number of likely N-dealkylation sites (N-methyl/N-ethyl adjacent to an activating group) is 1. The van der Waals surface area contributed by atoms with E-state index in [0.717, 1.165) is 12.1 Å². The van der Waals surface area contributed by atoms with Crippen molar-refractivity contribution in [2.45, 2.75) is 0 Å². The SMILES string of the molecule is CN(C)CCNC(=O)Nc1cc(O)c(O)c(O)c1. The molecule has 1 aromatic rings. The van der Waals surface area contributed by atoms with Crippen LogP contribution < -0.4 is 10.6 Å². The lowest BCUT2D eigenvalue weighted by atomic mass is 10.2. The molecule has 0 heterocycles. The van der Waals surface area contributed by atoms with Gasteiger partial charge in [0.15, 0.2) is 17.2 Å². The molecule has 7 heteroatoms. The lowest BCUT2D eigenvalue weighted by Gasteiger charge is -2.12. The Bertz CT molecular complexity index is 411. The van der Waals surface area contributed by atoms with Crippen LogP contribution in [0.4, 0.5) is 10.5 Å². The van der Waals surface area contributed by atoms with Crippen molar-refractivity contribution in [3.63, 3.8) is 0 Å². The van der Waals surface area contributed by atoms with Crippen LogP contribution in [0.15, 0.2) is 12.1 Å². The van der Waals surface area contributed by atoms with Gasteiger partial charge in [0, 0.05) is 25.2 Å². The predicted molar refractivity (Wildman–Crippen MR) is 67.0 cm³/mol. The van der Waals surface area contributed by atoms with E-state index in [1.165, 1.54) is 0 Å². The average molecular weight is 255 g/mol. The van der Waals surface area contributed by atoms with Crippen molar-refractivity contribution in [1.29, 1.82) is 0 Å². The second kappa shape index (κ2) is 5.97.